The fourth-order valence-corrected chi connectivity index (χ4v) is 5.64. The fraction of sp³-hybridized carbons (Fsp3) is 0.333. The van der Waals surface area contributed by atoms with Gasteiger partial charge in [0.15, 0.2) is 0 Å². The topological polar surface area (TPSA) is 102 Å². The lowest BCUT2D eigenvalue weighted by Gasteiger charge is -2.12. The van der Waals surface area contributed by atoms with E-state index in [0.29, 0.717) is 16.3 Å². The maximum Gasteiger partial charge on any atom is 0.341 e. The molecule has 0 saturated carbocycles. The van der Waals surface area contributed by atoms with Crippen LogP contribution in [0.2, 0.25) is 0 Å². The van der Waals surface area contributed by atoms with Gasteiger partial charge in [-0.05, 0) is 55.5 Å². The first-order valence-electron chi connectivity index (χ1n) is 8.45. The third kappa shape index (κ3) is 4.14. The van der Waals surface area contributed by atoms with Crippen LogP contribution in [0.15, 0.2) is 29.2 Å². The van der Waals surface area contributed by atoms with E-state index >= 15 is 0 Å². The Morgan fingerprint density at radius 1 is 1.11 bits per heavy atom. The number of rotatable bonds is 5. The summed E-state index contributed by atoms with van der Waals surface area (Å²) in [5, 5.41) is 2.88. The van der Waals surface area contributed by atoms with E-state index in [9.17, 15) is 18.0 Å². The Balaban J connectivity index is 1.93. The summed E-state index contributed by atoms with van der Waals surface area (Å²) in [6, 6.07) is 5.82. The van der Waals surface area contributed by atoms with Crippen LogP contribution in [0.4, 0.5) is 10.7 Å². The number of hydrogen-bond acceptors (Lipinski definition) is 6. The number of anilines is 2. The zero-order valence-electron chi connectivity index (χ0n) is 15.0. The molecule has 1 amide bonds. The van der Waals surface area contributed by atoms with Crippen LogP contribution in [-0.2, 0) is 32.4 Å². The van der Waals surface area contributed by atoms with Crippen LogP contribution in [0.1, 0.15) is 40.6 Å². The molecule has 1 heterocycles. The summed E-state index contributed by atoms with van der Waals surface area (Å²) in [6.07, 6.45) is 3.55. The van der Waals surface area contributed by atoms with Gasteiger partial charge in [0.2, 0.25) is 5.91 Å². The molecule has 2 N–H and O–H groups in total. The first kappa shape index (κ1) is 19.4. The van der Waals surface area contributed by atoms with Gasteiger partial charge in [0.05, 0.1) is 17.6 Å². The lowest BCUT2D eigenvalue weighted by atomic mass is 9.95. The smallest absolute Gasteiger partial charge is 0.341 e. The minimum atomic E-state index is -3.88. The maximum absolute atomic E-state index is 12.8. The molecule has 1 aromatic carbocycles. The van der Waals surface area contributed by atoms with E-state index in [2.05, 4.69) is 10.0 Å². The molecule has 0 aliphatic heterocycles. The van der Waals surface area contributed by atoms with Crippen molar-refractivity contribution in [2.75, 3.05) is 17.1 Å². The molecule has 0 spiro atoms. The van der Waals surface area contributed by atoms with Crippen molar-refractivity contribution in [1.82, 2.24) is 0 Å². The summed E-state index contributed by atoms with van der Waals surface area (Å²) in [6.45, 7) is 1.37. The molecule has 7 nitrogen and oxygen atoms in total. The van der Waals surface area contributed by atoms with E-state index in [-0.39, 0.29) is 10.8 Å². The van der Waals surface area contributed by atoms with Crippen molar-refractivity contribution in [3.63, 3.8) is 0 Å². The second-order valence-electron chi connectivity index (χ2n) is 6.22. The predicted molar refractivity (Wildman–Crippen MR) is 104 cm³/mol. The minimum absolute atomic E-state index is 0.0405. The molecule has 0 atom stereocenters. The molecule has 0 bridgehead atoms. The van der Waals surface area contributed by atoms with Crippen molar-refractivity contribution >= 4 is 43.9 Å². The van der Waals surface area contributed by atoms with Crippen LogP contribution in [0.3, 0.4) is 0 Å². The highest BCUT2D eigenvalue weighted by Crippen LogP contribution is 2.39. The fourth-order valence-electron chi connectivity index (χ4n) is 3.06. The summed E-state index contributed by atoms with van der Waals surface area (Å²) in [7, 11) is -2.60. The number of amides is 1. The van der Waals surface area contributed by atoms with Crippen molar-refractivity contribution in [2.45, 2.75) is 37.5 Å². The molecule has 0 fully saturated rings. The molecule has 3 rings (SSSR count). The van der Waals surface area contributed by atoms with Gasteiger partial charge in [-0.25, -0.2) is 13.2 Å². The summed E-state index contributed by atoms with van der Waals surface area (Å²) < 4.78 is 32.9. The lowest BCUT2D eigenvalue weighted by molar-refractivity contribution is -0.114. The van der Waals surface area contributed by atoms with E-state index in [1.54, 1.807) is 0 Å². The molecule has 1 aromatic heterocycles. The van der Waals surface area contributed by atoms with E-state index in [0.717, 1.165) is 36.1 Å². The highest BCUT2D eigenvalue weighted by Gasteiger charge is 2.28. The quantitative estimate of drug-likeness (QED) is 0.740. The Hall–Kier alpha value is -2.39. The van der Waals surface area contributed by atoms with Gasteiger partial charge < -0.3 is 10.1 Å². The molecule has 144 valence electrons. The molecule has 1 aliphatic carbocycles. The van der Waals surface area contributed by atoms with Crippen LogP contribution in [0.25, 0.3) is 0 Å². The number of ether oxygens (including phenoxy) is 1. The van der Waals surface area contributed by atoms with Gasteiger partial charge >= 0.3 is 5.97 Å². The van der Waals surface area contributed by atoms with Gasteiger partial charge in [0, 0.05) is 17.5 Å². The minimum Gasteiger partial charge on any atom is -0.465 e. The van der Waals surface area contributed by atoms with Crippen LogP contribution in [0.5, 0.6) is 0 Å². The molecule has 0 radical (unpaired) electrons. The van der Waals surface area contributed by atoms with E-state index in [4.69, 9.17) is 4.74 Å². The number of aryl methyl sites for hydroxylation is 1. The van der Waals surface area contributed by atoms with Gasteiger partial charge in [-0.15, -0.1) is 11.3 Å². The summed E-state index contributed by atoms with van der Waals surface area (Å²) in [5.74, 6) is -0.774. The first-order valence-corrected chi connectivity index (χ1v) is 10.7. The number of esters is 1. The van der Waals surface area contributed by atoms with Crippen molar-refractivity contribution in [3.05, 3.63) is 40.3 Å². The van der Waals surface area contributed by atoms with Crippen LogP contribution in [0, 0.1) is 0 Å². The molecule has 0 saturated heterocycles. The molecule has 1 aliphatic rings. The largest absolute Gasteiger partial charge is 0.465 e. The highest BCUT2D eigenvalue weighted by molar-refractivity contribution is 7.93. The van der Waals surface area contributed by atoms with Gasteiger partial charge in [0.1, 0.15) is 5.00 Å². The van der Waals surface area contributed by atoms with Crippen molar-refractivity contribution in [3.8, 4) is 0 Å². The normalized spacial score (nSPS) is 13.6. The van der Waals surface area contributed by atoms with E-state index in [1.807, 2.05) is 0 Å². The first-order chi connectivity index (χ1) is 12.8. The molecule has 2 aromatic rings. The molecular formula is C18H20N2O5S2. The average molecular weight is 409 g/mol. The van der Waals surface area contributed by atoms with Crippen LogP contribution >= 0.6 is 11.3 Å². The van der Waals surface area contributed by atoms with Crippen molar-refractivity contribution in [1.29, 1.82) is 0 Å². The summed E-state index contributed by atoms with van der Waals surface area (Å²) >= 11 is 1.29. The standard InChI is InChI=1S/C18H20N2O5S2/c1-11(21)19-12-7-9-13(10-8-12)27(23,24)20-17-16(18(22)25-2)14-5-3-4-6-15(14)26-17/h7-10,20H,3-6H2,1-2H3,(H,19,21). The van der Waals surface area contributed by atoms with Gasteiger partial charge in [-0.3, -0.25) is 9.52 Å². The second-order valence-corrected chi connectivity index (χ2v) is 9.01. The van der Waals surface area contributed by atoms with Crippen LogP contribution < -0.4 is 10.0 Å². The van der Waals surface area contributed by atoms with Crippen molar-refractivity contribution in [2.24, 2.45) is 0 Å². The lowest BCUT2D eigenvalue weighted by Crippen LogP contribution is -2.16. The number of nitrogens with one attached hydrogen (secondary N) is 2. The molecule has 27 heavy (non-hydrogen) atoms. The predicted octanol–water partition coefficient (Wildman–Crippen LogP) is 3.17. The average Bonchev–Trinajstić information content (AvgIpc) is 2.98. The van der Waals surface area contributed by atoms with Gasteiger partial charge in [-0.2, -0.15) is 0 Å². The molecule has 9 heteroatoms. The summed E-state index contributed by atoms with van der Waals surface area (Å²) in [4.78, 5) is 24.4. The Labute approximate surface area is 161 Å². The zero-order chi connectivity index (χ0) is 19.6. The van der Waals surface area contributed by atoms with Crippen molar-refractivity contribution < 1.29 is 22.7 Å². The molecule has 0 unspecified atom stereocenters. The number of sulfonamides is 1. The second kappa shape index (κ2) is 7.69. The number of methoxy groups -OCH3 is 1. The number of hydrogen-bond donors (Lipinski definition) is 2. The third-order valence-corrected chi connectivity index (χ3v) is 6.97. The van der Waals surface area contributed by atoms with Gasteiger partial charge in [0.25, 0.3) is 10.0 Å². The number of carbonyl (C=O) groups excluding carboxylic acids is 2. The molecular weight excluding hydrogens is 388 g/mol. The number of benzene rings is 1. The Morgan fingerprint density at radius 3 is 2.41 bits per heavy atom. The zero-order valence-corrected chi connectivity index (χ0v) is 16.6. The third-order valence-electron chi connectivity index (χ3n) is 4.27. The Morgan fingerprint density at radius 2 is 1.78 bits per heavy atom. The summed E-state index contributed by atoms with van der Waals surface area (Å²) in [5.41, 5.74) is 1.70. The number of fused-ring (bicyclic) bond motifs is 1. The van der Waals surface area contributed by atoms with E-state index in [1.165, 1.54) is 49.6 Å². The van der Waals surface area contributed by atoms with Gasteiger partial charge in [-0.1, -0.05) is 0 Å². The monoisotopic (exact) mass is 408 g/mol. The Bertz CT molecular complexity index is 978. The highest BCUT2D eigenvalue weighted by atomic mass is 32.2. The SMILES string of the molecule is COC(=O)c1c(NS(=O)(=O)c2ccc(NC(C)=O)cc2)sc2c1CCCC2. The number of thiophene rings is 1. The maximum atomic E-state index is 12.8. The van der Waals surface area contributed by atoms with Crippen LogP contribution in [-0.4, -0.2) is 27.4 Å². The van der Waals surface area contributed by atoms with E-state index < -0.39 is 16.0 Å². The number of carbonyl (C=O) groups is 2. The Kier molecular flexibility index (Phi) is 5.52.